The van der Waals surface area contributed by atoms with Crippen LogP contribution in [0.5, 0.6) is 0 Å². The molecule has 0 spiro atoms. The van der Waals surface area contributed by atoms with Crippen molar-refractivity contribution in [1.29, 1.82) is 0 Å². The lowest BCUT2D eigenvalue weighted by Gasteiger charge is -2.37. The van der Waals surface area contributed by atoms with Crippen LogP contribution in [0.3, 0.4) is 0 Å². The highest BCUT2D eigenvalue weighted by molar-refractivity contribution is 5.80. The molecule has 2 atom stereocenters. The Morgan fingerprint density at radius 1 is 1.22 bits per heavy atom. The number of likely N-dealkylation sites (tertiary alicyclic amines) is 1. The average molecular weight is 325 g/mol. The Morgan fingerprint density at radius 3 is 2.57 bits per heavy atom. The lowest BCUT2D eigenvalue weighted by molar-refractivity contribution is -0.0318. The molecule has 2 unspecified atom stereocenters. The molecule has 2 saturated heterocycles. The van der Waals surface area contributed by atoms with Gasteiger partial charge < -0.3 is 19.7 Å². The van der Waals surface area contributed by atoms with Crippen LogP contribution in [0.4, 0.5) is 0 Å². The Hall–Kier alpha value is -0.810. The van der Waals surface area contributed by atoms with E-state index >= 15 is 0 Å². The number of aliphatic imine (C=N–C) groups is 1. The standard InChI is InChI=1S/C18H35N3O2/c1-4-19-18(21-13-15(2)12-16(3)14-21)20-8-5-9-23-17-6-10-22-11-7-17/h15-17H,4-14H2,1-3H3,(H,19,20). The van der Waals surface area contributed by atoms with Crippen molar-refractivity contribution in [1.82, 2.24) is 10.2 Å². The molecule has 2 fully saturated rings. The molecule has 23 heavy (non-hydrogen) atoms. The number of piperidine rings is 1. The summed E-state index contributed by atoms with van der Waals surface area (Å²) in [5.41, 5.74) is 0. The average Bonchev–Trinajstić information content (AvgIpc) is 2.53. The molecule has 0 bridgehead atoms. The van der Waals surface area contributed by atoms with E-state index in [1.165, 1.54) is 6.42 Å². The molecule has 5 nitrogen and oxygen atoms in total. The van der Waals surface area contributed by atoms with E-state index in [0.29, 0.717) is 6.10 Å². The van der Waals surface area contributed by atoms with Crippen LogP contribution < -0.4 is 5.32 Å². The summed E-state index contributed by atoms with van der Waals surface area (Å²) in [5.74, 6) is 2.58. The summed E-state index contributed by atoms with van der Waals surface area (Å²) < 4.78 is 11.3. The van der Waals surface area contributed by atoms with E-state index in [2.05, 4.69) is 31.0 Å². The number of nitrogens with zero attached hydrogens (tertiary/aromatic N) is 2. The zero-order chi connectivity index (χ0) is 16.5. The molecule has 1 N–H and O–H groups in total. The molecule has 0 aromatic rings. The maximum atomic E-state index is 5.92. The first-order valence-corrected chi connectivity index (χ1v) is 9.41. The van der Waals surface area contributed by atoms with E-state index in [1.54, 1.807) is 0 Å². The van der Waals surface area contributed by atoms with Gasteiger partial charge >= 0.3 is 0 Å². The topological polar surface area (TPSA) is 46.1 Å². The smallest absolute Gasteiger partial charge is 0.193 e. The number of hydrogen-bond acceptors (Lipinski definition) is 3. The van der Waals surface area contributed by atoms with Crippen LogP contribution in [-0.4, -0.2) is 63.0 Å². The zero-order valence-corrected chi connectivity index (χ0v) is 15.2. The fraction of sp³-hybridized carbons (Fsp3) is 0.944. The van der Waals surface area contributed by atoms with Crippen LogP contribution in [0.15, 0.2) is 4.99 Å². The number of hydrogen-bond donors (Lipinski definition) is 1. The lowest BCUT2D eigenvalue weighted by atomic mass is 9.92. The van der Waals surface area contributed by atoms with Crippen LogP contribution in [0.25, 0.3) is 0 Å². The number of guanidine groups is 1. The van der Waals surface area contributed by atoms with Gasteiger partial charge in [0.1, 0.15) is 0 Å². The lowest BCUT2D eigenvalue weighted by Crippen LogP contribution is -2.48. The van der Waals surface area contributed by atoms with Gasteiger partial charge in [0.05, 0.1) is 6.10 Å². The summed E-state index contributed by atoms with van der Waals surface area (Å²) >= 11 is 0. The third kappa shape index (κ3) is 6.68. The Bertz CT molecular complexity index is 346. The predicted octanol–water partition coefficient (Wildman–Crippen LogP) is 2.52. The van der Waals surface area contributed by atoms with Gasteiger partial charge in [-0.25, -0.2) is 0 Å². The van der Waals surface area contributed by atoms with Crippen molar-refractivity contribution < 1.29 is 9.47 Å². The summed E-state index contributed by atoms with van der Waals surface area (Å²) in [7, 11) is 0. The maximum absolute atomic E-state index is 5.92. The second kappa shape index (κ2) is 10.1. The Morgan fingerprint density at radius 2 is 1.91 bits per heavy atom. The Kier molecular flexibility index (Phi) is 8.17. The van der Waals surface area contributed by atoms with Gasteiger partial charge in [0.25, 0.3) is 0 Å². The van der Waals surface area contributed by atoms with Gasteiger partial charge in [0, 0.05) is 46.0 Å². The summed E-state index contributed by atoms with van der Waals surface area (Å²) in [5, 5.41) is 3.45. The quantitative estimate of drug-likeness (QED) is 0.463. The third-order valence-electron chi connectivity index (χ3n) is 4.59. The van der Waals surface area contributed by atoms with E-state index in [1.807, 2.05) is 0 Å². The third-order valence-corrected chi connectivity index (χ3v) is 4.59. The minimum absolute atomic E-state index is 0.393. The van der Waals surface area contributed by atoms with Crippen molar-refractivity contribution in [2.45, 2.75) is 52.6 Å². The summed E-state index contributed by atoms with van der Waals surface area (Å²) in [6, 6.07) is 0. The molecular formula is C18H35N3O2. The Balaban J connectivity index is 1.72. The van der Waals surface area contributed by atoms with Crippen LogP contribution in [0.2, 0.25) is 0 Å². The molecule has 0 radical (unpaired) electrons. The second-order valence-electron chi connectivity index (χ2n) is 7.12. The first kappa shape index (κ1) is 18.5. The minimum atomic E-state index is 0.393. The summed E-state index contributed by atoms with van der Waals surface area (Å²) in [4.78, 5) is 7.25. The van der Waals surface area contributed by atoms with E-state index in [4.69, 9.17) is 14.5 Å². The molecule has 2 aliphatic heterocycles. The number of nitrogens with one attached hydrogen (secondary N) is 1. The van der Waals surface area contributed by atoms with E-state index in [9.17, 15) is 0 Å². The van der Waals surface area contributed by atoms with Gasteiger partial charge in [-0.2, -0.15) is 0 Å². The van der Waals surface area contributed by atoms with Crippen molar-refractivity contribution in [2.75, 3.05) is 46.0 Å². The molecule has 134 valence electrons. The molecule has 0 amide bonds. The zero-order valence-electron chi connectivity index (χ0n) is 15.2. The SMILES string of the molecule is CCNC(=NCCCOC1CCOCC1)N1CC(C)CC(C)C1. The van der Waals surface area contributed by atoms with E-state index < -0.39 is 0 Å². The first-order chi connectivity index (χ1) is 11.2. The van der Waals surface area contributed by atoms with Crippen molar-refractivity contribution in [3.63, 3.8) is 0 Å². The van der Waals surface area contributed by atoms with Gasteiger partial charge in [-0.3, -0.25) is 4.99 Å². The number of rotatable bonds is 6. The molecule has 0 saturated carbocycles. The van der Waals surface area contributed by atoms with Crippen molar-refractivity contribution in [3.8, 4) is 0 Å². The normalized spacial score (nSPS) is 27.3. The molecular weight excluding hydrogens is 290 g/mol. The molecule has 5 heteroatoms. The van der Waals surface area contributed by atoms with Gasteiger partial charge in [-0.05, 0) is 44.4 Å². The van der Waals surface area contributed by atoms with Gasteiger partial charge in [0.2, 0.25) is 0 Å². The molecule has 2 aliphatic rings. The highest BCUT2D eigenvalue weighted by atomic mass is 16.5. The fourth-order valence-electron chi connectivity index (χ4n) is 3.60. The van der Waals surface area contributed by atoms with Crippen molar-refractivity contribution >= 4 is 5.96 Å². The van der Waals surface area contributed by atoms with E-state index in [-0.39, 0.29) is 0 Å². The highest BCUT2D eigenvalue weighted by Gasteiger charge is 2.23. The minimum Gasteiger partial charge on any atom is -0.381 e. The highest BCUT2D eigenvalue weighted by Crippen LogP contribution is 2.20. The summed E-state index contributed by atoms with van der Waals surface area (Å²) in [6.45, 7) is 13.3. The monoisotopic (exact) mass is 325 g/mol. The summed E-state index contributed by atoms with van der Waals surface area (Å²) in [6.07, 6.45) is 4.79. The molecule has 2 heterocycles. The fourth-order valence-corrected chi connectivity index (χ4v) is 3.60. The van der Waals surface area contributed by atoms with Gasteiger partial charge in [-0.15, -0.1) is 0 Å². The molecule has 0 aromatic heterocycles. The Labute approximate surface area is 141 Å². The predicted molar refractivity (Wildman–Crippen MR) is 94.9 cm³/mol. The van der Waals surface area contributed by atoms with Crippen LogP contribution >= 0.6 is 0 Å². The van der Waals surface area contributed by atoms with Crippen LogP contribution in [0, 0.1) is 11.8 Å². The second-order valence-corrected chi connectivity index (χ2v) is 7.12. The van der Waals surface area contributed by atoms with Crippen LogP contribution in [-0.2, 0) is 9.47 Å². The van der Waals surface area contributed by atoms with Gasteiger partial charge in [-0.1, -0.05) is 13.8 Å². The van der Waals surface area contributed by atoms with Gasteiger partial charge in [0.15, 0.2) is 5.96 Å². The molecule has 0 aliphatic carbocycles. The van der Waals surface area contributed by atoms with E-state index in [0.717, 1.165) is 83.1 Å². The largest absolute Gasteiger partial charge is 0.381 e. The number of ether oxygens (including phenoxy) is 2. The van der Waals surface area contributed by atoms with Crippen LogP contribution in [0.1, 0.15) is 46.5 Å². The van der Waals surface area contributed by atoms with Crippen molar-refractivity contribution in [3.05, 3.63) is 0 Å². The maximum Gasteiger partial charge on any atom is 0.193 e. The molecule has 2 rings (SSSR count). The molecule has 0 aromatic carbocycles. The first-order valence-electron chi connectivity index (χ1n) is 9.41. The van der Waals surface area contributed by atoms with Crippen molar-refractivity contribution in [2.24, 2.45) is 16.8 Å².